The fraction of sp³-hybridized carbons (Fsp3) is 0.125. The molecule has 24 nitrogen and oxygen atoms in total. The van der Waals surface area contributed by atoms with Crippen LogP contribution in [0.1, 0.15) is 28.7 Å². The number of aliphatic hydroxyl groups is 1. The van der Waals surface area contributed by atoms with Crippen molar-refractivity contribution >= 4 is 113 Å². The SMILES string of the molecule is Cc1cc(N=Nc2cc(C)c(N=Nc3c(S(=O)(=O)O)cc4cc(N=NC5C=CC(O)=CC5)ccc4c3O)cc2C)ccc1N=Nc1ccc(N=Nc2cc3c(S(=O)(=O)O)cc(S(=O)(=O)O)cc3cc2S(=O)(=O)O)c(C)c1. The van der Waals surface area contributed by atoms with E-state index in [-0.39, 0.29) is 28.3 Å². The van der Waals surface area contributed by atoms with Gasteiger partial charge in [-0.2, -0.15) is 74.6 Å². The summed E-state index contributed by atoms with van der Waals surface area (Å²) < 4.78 is 137. The van der Waals surface area contributed by atoms with Crippen molar-refractivity contribution in [2.45, 2.75) is 59.7 Å². The molecule has 0 spiro atoms. The van der Waals surface area contributed by atoms with Gasteiger partial charge in [0.15, 0.2) is 5.75 Å². The zero-order valence-corrected chi connectivity index (χ0v) is 43.1. The molecular formula is C48H40N10O14S4. The molecule has 0 bridgehead atoms. The van der Waals surface area contributed by atoms with Crippen molar-refractivity contribution in [1.29, 1.82) is 0 Å². The number of aliphatic hydroxyl groups excluding tert-OH is 1. The maximum absolute atomic E-state index is 12.5. The first-order valence-corrected chi connectivity index (χ1v) is 27.7. The van der Waals surface area contributed by atoms with Crippen molar-refractivity contribution in [1.82, 2.24) is 0 Å². The molecule has 0 amide bonds. The predicted molar refractivity (Wildman–Crippen MR) is 277 cm³/mol. The van der Waals surface area contributed by atoms with E-state index < -0.39 is 88.0 Å². The number of hydrogen-bond donors (Lipinski definition) is 6. The van der Waals surface area contributed by atoms with Crippen LogP contribution in [0, 0.1) is 27.7 Å². The highest BCUT2D eigenvalue weighted by Crippen LogP contribution is 2.44. The molecule has 0 fully saturated rings. The lowest BCUT2D eigenvalue weighted by Crippen LogP contribution is -2.05. The Morgan fingerprint density at radius 3 is 1.46 bits per heavy atom. The molecular weight excluding hydrogens is 1070 g/mol. The number of aryl methyl sites for hydroxylation is 4. The van der Waals surface area contributed by atoms with E-state index in [1.807, 2.05) is 0 Å². The van der Waals surface area contributed by atoms with E-state index in [0.29, 0.717) is 74.9 Å². The van der Waals surface area contributed by atoms with Crippen molar-refractivity contribution in [3.8, 4) is 5.75 Å². The van der Waals surface area contributed by atoms with Gasteiger partial charge in [-0.1, -0.05) is 6.08 Å². The fourth-order valence-electron chi connectivity index (χ4n) is 7.55. The van der Waals surface area contributed by atoms with Crippen molar-refractivity contribution < 1.29 is 62.1 Å². The van der Waals surface area contributed by atoms with E-state index in [1.54, 1.807) is 82.3 Å². The maximum atomic E-state index is 12.5. The molecule has 76 heavy (non-hydrogen) atoms. The lowest BCUT2D eigenvalue weighted by Gasteiger charge is -2.10. The Labute approximate surface area is 433 Å². The smallest absolute Gasteiger partial charge is 0.296 e. The van der Waals surface area contributed by atoms with Crippen LogP contribution >= 0.6 is 0 Å². The zero-order chi connectivity index (χ0) is 55.1. The number of rotatable bonds is 14. The summed E-state index contributed by atoms with van der Waals surface area (Å²) in [6.45, 7) is 6.88. The van der Waals surface area contributed by atoms with Crippen molar-refractivity contribution in [2.75, 3.05) is 0 Å². The minimum Gasteiger partial charge on any atom is -0.508 e. The lowest BCUT2D eigenvalue weighted by molar-refractivity contribution is 0.424. The minimum atomic E-state index is -5.15. The number of phenolic OH excluding ortho intramolecular Hbond substituents is 1. The Hall–Kier alpha value is -8.22. The van der Waals surface area contributed by atoms with E-state index in [9.17, 15) is 62.1 Å². The first-order chi connectivity index (χ1) is 35.6. The van der Waals surface area contributed by atoms with Gasteiger partial charge in [-0.3, -0.25) is 18.2 Å². The normalized spacial score (nSPS) is 14.9. The molecule has 6 N–H and O–H groups in total. The average Bonchev–Trinajstić information content (AvgIpc) is 3.36. The molecule has 0 saturated carbocycles. The first kappa shape index (κ1) is 54.1. The Kier molecular flexibility index (Phi) is 14.8. The van der Waals surface area contributed by atoms with Crippen LogP contribution < -0.4 is 0 Å². The van der Waals surface area contributed by atoms with Crippen molar-refractivity contribution in [3.05, 3.63) is 143 Å². The molecule has 0 saturated heterocycles. The number of azo groups is 5. The number of aromatic hydroxyl groups is 1. The third-order valence-corrected chi connectivity index (χ3v) is 14.9. The average molecular weight is 1110 g/mol. The molecule has 28 heteroatoms. The van der Waals surface area contributed by atoms with Crippen LogP contribution in [0.15, 0.2) is 192 Å². The molecule has 1 atom stereocenters. The first-order valence-electron chi connectivity index (χ1n) is 21.9. The fourth-order valence-corrected chi connectivity index (χ4v) is 10.2. The summed E-state index contributed by atoms with van der Waals surface area (Å²) in [4.78, 5) is -3.54. The van der Waals surface area contributed by atoms with E-state index >= 15 is 0 Å². The third-order valence-electron chi connectivity index (χ3n) is 11.5. The van der Waals surface area contributed by atoms with Crippen LogP contribution in [0.3, 0.4) is 0 Å². The van der Waals surface area contributed by atoms with Crippen LogP contribution in [0.2, 0.25) is 0 Å². The van der Waals surface area contributed by atoms with Crippen LogP contribution in [0.5, 0.6) is 5.75 Å². The largest absolute Gasteiger partial charge is 0.508 e. The third kappa shape index (κ3) is 12.3. The van der Waals surface area contributed by atoms with Crippen LogP contribution in [0.4, 0.5) is 51.2 Å². The number of hydrogen-bond acceptors (Lipinski definition) is 20. The second-order valence-corrected chi connectivity index (χ2v) is 22.6. The van der Waals surface area contributed by atoms with Crippen LogP contribution in [-0.2, 0) is 40.5 Å². The molecule has 7 aromatic rings. The van der Waals surface area contributed by atoms with Gasteiger partial charge in [-0.15, -0.1) is 10.2 Å². The lowest BCUT2D eigenvalue weighted by atomic mass is 10.1. The van der Waals surface area contributed by atoms with Gasteiger partial charge in [0.1, 0.15) is 31.8 Å². The summed E-state index contributed by atoms with van der Waals surface area (Å²) in [6.07, 6.45) is 5.23. The number of allylic oxidation sites excluding steroid dienone is 1. The van der Waals surface area contributed by atoms with Gasteiger partial charge in [0.05, 0.1) is 50.7 Å². The Balaban J connectivity index is 0.969. The van der Waals surface area contributed by atoms with Gasteiger partial charge in [-0.25, -0.2) is 0 Å². The minimum absolute atomic E-state index is 0.129. The number of fused-ring (bicyclic) bond motifs is 2. The highest BCUT2D eigenvalue weighted by molar-refractivity contribution is 7.87. The molecule has 0 aliphatic heterocycles. The second kappa shape index (κ2) is 20.8. The Bertz CT molecular complexity index is 4290. The highest BCUT2D eigenvalue weighted by atomic mass is 32.2. The van der Waals surface area contributed by atoms with Gasteiger partial charge < -0.3 is 10.2 Å². The van der Waals surface area contributed by atoms with Crippen molar-refractivity contribution in [2.24, 2.45) is 51.1 Å². The number of nitrogens with zero attached hydrogens (tertiary/aromatic N) is 10. The van der Waals surface area contributed by atoms with E-state index in [0.717, 1.165) is 18.2 Å². The maximum Gasteiger partial charge on any atom is 0.296 e. The van der Waals surface area contributed by atoms with Crippen molar-refractivity contribution in [3.63, 3.8) is 0 Å². The molecule has 0 heterocycles. The molecule has 8 rings (SSSR count). The zero-order valence-electron chi connectivity index (χ0n) is 39.8. The molecule has 1 aliphatic carbocycles. The van der Waals surface area contributed by atoms with Gasteiger partial charge >= 0.3 is 0 Å². The quantitative estimate of drug-likeness (QED) is 0.0435. The standard InChI is InChI=1S/C48H40N10O14S4/c1-25-15-33(8-13-39(25)53-51-32-9-14-40(26(2)16-32)54-57-43-24-38-30(21-45(43)75(67,68)69)20-36(73(61,62)63)23-44(38)74(64,65)66)52-55-41-17-28(4)42(18-27(41)3)56-58-47-46(76(70,71)72)22-29-19-34(7-12-37(29)48(47)60)50-49-31-5-10-35(59)11-6-31/h5,7-24,31,59-60H,6H2,1-4H3,(H,61,62,63)(H,64,65,66)(H,67,68,69)(H,70,71,72). The summed E-state index contributed by atoms with van der Waals surface area (Å²) in [7, 11) is -20.2. The summed E-state index contributed by atoms with van der Waals surface area (Å²) in [5.41, 5.74) is 3.95. The molecule has 390 valence electrons. The van der Waals surface area contributed by atoms with Gasteiger partial charge in [0.2, 0.25) is 0 Å². The summed E-state index contributed by atoms with van der Waals surface area (Å²) in [5, 5.41) is 62.5. The molecule has 1 unspecified atom stereocenters. The topological polar surface area (TPSA) is 382 Å². The van der Waals surface area contributed by atoms with Crippen LogP contribution in [-0.4, -0.2) is 68.1 Å². The van der Waals surface area contributed by atoms with E-state index in [4.69, 9.17) is 0 Å². The van der Waals surface area contributed by atoms with Gasteiger partial charge in [0.25, 0.3) is 40.5 Å². The molecule has 0 radical (unpaired) electrons. The van der Waals surface area contributed by atoms with Gasteiger partial charge in [0, 0.05) is 10.8 Å². The van der Waals surface area contributed by atoms with Gasteiger partial charge in [-0.05, 0) is 176 Å². The summed E-state index contributed by atoms with van der Waals surface area (Å²) in [5.74, 6) is -0.413. The Morgan fingerprint density at radius 2 is 0.921 bits per heavy atom. The monoisotopic (exact) mass is 1110 g/mol. The second-order valence-electron chi connectivity index (χ2n) is 17.0. The van der Waals surface area contributed by atoms with E-state index in [2.05, 4.69) is 51.1 Å². The summed E-state index contributed by atoms with van der Waals surface area (Å²) in [6, 6.07) is 21.1. The van der Waals surface area contributed by atoms with E-state index in [1.165, 1.54) is 30.3 Å². The van der Waals surface area contributed by atoms with Crippen LogP contribution in [0.25, 0.3) is 21.5 Å². The Morgan fingerprint density at radius 1 is 0.434 bits per heavy atom. The summed E-state index contributed by atoms with van der Waals surface area (Å²) >= 11 is 0. The molecule has 0 aromatic heterocycles. The highest BCUT2D eigenvalue weighted by Gasteiger charge is 2.26. The predicted octanol–water partition coefficient (Wildman–Crippen LogP) is 13.4. The number of phenols is 1. The number of benzene rings is 7. The molecule has 1 aliphatic rings. The molecule has 7 aromatic carbocycles.